The first-order valence-electron chi connectivity index (χ1n) is 10.1. The minimum absolute atomic E-state index is 0.209. The zero-order valence-electron chi connectivity index (χ0n) is 19.0. The van der Waals surface area contributed by atoms with Crippen molar-refractivity contribution in [1.82, 2.24) is 0 Å². The highest BCUT2D eigenvalue weighted by Gasteiger charge is 2.18. The van der Waals surface area contributed by atoms with Crippen LogP contribution in [0, 0.1) is 0 Å². The molecule has 0 saturated heterocycles. The number of aldehydes is 1. The molecular formula is C24H24N2O7S2. The van der Waals surface area contributed by atoms with Crippen molar-refractivity contribution in [3.8, 4) is 10.4 Å². The van der Waals surface area contributed by atoms with Crippen LogP contribution in [0.1, 0.15) is 20.7 Å². The zero-order valence-corrected chi connectivity index (χ0v) is 20.6. The average molecular weight is 517 g/mol. The molecule has 1 aromatic heterocycles. The predicted molar refractivity (Wildman–Crippen MR) is 137 cm³/mol. The second-order valence-corrected chi connectivity index (χ2v) is 8.26. The van der Waals surface area contributed by atoms with Crippen molar-refractivity contribution in [2.75, 3.05) is 36.6 Å². The zero-order chi connectivity index (χ0) is 25.6. The fourth-order valence-corrected chi connectivity index (χ4v) is 4.07. The number of hydrogen-bond acceptors (Lipinski definition) is 10. The van der Waals surface area contributed by atoms with Crippen LogP contribution in [0.2, 0.25) is 0 Å². The van der Waals surface area contributed by atoms with Gasteiger partial charge in [0.05, 0.1) is 11.1 Å². The summed E-state index contributed by atoms with van der Waals surface area (Å²) in [7, 11) is 1.70. The molecule has 3 N–H and O–H groups in total. The van der Waals surface area contributed by atoms with Crippen molar-refractivity contribution < 1.29 is 33.8 Å². The summed E-state index contributed by atoms with van der Waals surface area (Å²) in [6.07, 6.45) is 2.43. The van der Waals surface area contributed by atoms with E-state index in [0.29, 0.717) is 22.4 Å². The molecule has 0 aliphatic rings. The van der Waals surface area contributed by atoms with Crippen LogP contribution in [0.25, 0.3) is 10.4 Å². The molecule has 35 heavy (non-hydrogen) atoms. The van der Waals surface area contributed by atoms with Crippen molar-refractivity contribution in [3.63, 3.8) is 0 Å². The molecule has 0 spiro atoms. The maximum absolute atomic E-state index is 11.9. The van der Waals surface area contributed by atoms with Gasteiger partial charge >= 0.3 is 17.9 Å². The molecule has 2 aromatic carbocycles. The molecule has 0 saturated carbocycles. The lowest BCUT2D eigenvalue weighted by Crippen LogP contribution is -2.13. The van der Waals surface area contributed by atoms with Gasteiger partial charge in [0.2, 0.25) is 0 Å². The van der Waals surface area contributed by atoms with Crippen LogP contribution in [0.5, 0.6) is 0 Å². The summed E-state index contributed by atoms with van der Waals surface area (Å²) >= 11 is 2.85. The lowest BCUT2D eigenvalue weighted by Gasteiger charge is -2.04. The number of hydrogen-bond donors (Lipinski definition) is 3. The highest BCUT2D eigenvalue weighted by molar-refractivity contribution is 7.99. The van der Waals surface area contributed by atoms with Gasteiger partial charge in [0.15, 0.2) is 12.9 Å². The lowest BCUT2D eigenvalue weighted by molar-refractivity contribution is -0.140. The van der Waals surface area contributed by atoms with E-state index in [1.54, 1.807) is 31.3 Å². The molecule has 0 atom stereocenters. The van der Waals surface area contributed by atoms with Gasteiger partial charge in [-0.05, 0) is 29.8 Å². The molecule has 1 heterocycles. The van der Waals surface area contributed by atoms with E-state index in [-0.39, 0.29) is 6.61 Å². The number of nitrogens with one attached hydrogen (secondary N) is 2. The Hall–Kier alpha value is -3.83. The molecule has 0 aliphatic carbocycles. The number of aliphatic carboxylic acids is 1. The molecule has 0 unspecified atom stereocenters. The third-order valence-corrected chi connectivity index (χ3v) is 5.81. The summed E-state index contributed by atoms with van der Waals surface area (Å²) in [4.78, 5) is 44.6. The Labute approximate surface area is 210 Å². The van der Waals surface area contributed by atoms with Crippen molar-refractivity contribution >= 4 is 58.2 Å². The van der Waals surface area contributed by atoms with E-state index < -0.39 is 24.5 Å². The van der Waals surface area contributed by atoms with Crippen LogP contribution in [0.4, 0.5) is 10.7 Å². The van der Waals surface area contributed by atoms with Gasteiger partial charge in [-0.1, -0.05) is 48.3 Å². The van der Waals surface area contributed by atoms with Gasteiger partial charge in [0.1, 0.15) is 11.6 Å². The van der Waals surface area contributed by atoms with Crippen molar-refractivity contribution in [2.45, 2.75) is 0 Å². The van der Waals surface area contributed by atoms with Crippen LogP contribution in [-0.2, 0) is 19.1 Å². The van der Waals surface area contributed by atoms with Gasteiger partial charge in [-0.15, -0.1) is 11.3 Å². The fraction of sp³-hybridized carbons (Fsp3) is 0.167. The molecular weight excluding hydrogens is 492 g/mol. The van der Waals surface area contributed by atoms with E-state index in [0.717, 1.165) is 16.1 Å². The van der Waals surface area contributed by atoms with Crippen molar-refractivity contribution in [2.24, 2.45) is 0 Å². The Morgan fingerprint density at radius 2 is 1.77 bits per heavy atom. The molecule has 0 radical (unpaired) electrons. The molecule has 0 aliphatic heterocycles. The fourth-order valence-electron chi connectivity index (χ4n) is 2.70. The normalized spacial score (nSPS) is 9.77. The minimum atomic E-state index is -1.18. The highest BCUT2D eigenvalue weighted by atomic mass is 32.2. The Kier molecular flexibility index (Phi) is 11.3. The quantitative estimate of drug-likeness (QED) is 0.202. The van der Waals surface area contributed by atoms with Gasteiger partial charge in [0, 0.05) is 23.9 Å². The number of carboxylic acid groups (broad SMARTS) is 1. The van der Waals surface area contributed by atoms with Gasteiger partial charge in [-0.2, -0.15) is 0 Å². The van der Waals surface area contributed by atoms with Crippen molar-refractivity contribution in [1.29, 1.82) is 0 Å². The summed E-state index contributed by atoms with van der Waals surface area (Å²) in [5.74, 6) is -2.31. The number of carbonyl (C=O) groups excluding carboxylic acids is 3. The molecule has 0 fully saturated rings. The van der Waals surface area contributed by atoms with Crippen LogP contribution in [-0.4, -0.2) is 55.8 Å². The van der Waals surface area contributed by atoms with E-state index in [2.05, 4.69) is 14.8 Å². The Bertz CT molecular complexity index is 1150. The number of benzene rings is 2. The van der Waals surface area contributed by atoms with Crippen LogP contribution in [0.3, 0.4) is 0 Å². The van der Waals surface area contributed by atoms with Crippen LogP contribution >= 0.6 is 23.3 Å². The smallest absolute Gasteiger partial charge is 0.341 e. The number of carbonyl (C=O) groups is 4. The van der Waals surface area contributed by atoms with Gasteiger partial charge < -0.3 is 24.6 Å². The Balaban J connectivity index is 0.000000258. The number of thiophene rings is 1. The molecule has 9 nitrogen and oxygen atoms in total. The van der Waals surface area contributed by atoms with E-state index in [4.69, 9.17) is 9.84 Å². The highest BCUT2D eigenvalue weighted by Crippen LogP contribution is 2.35. The van der Waals surface area contributed by atoms with E-state index in [9.17, 15) is 19.2 Å². The SMILES string of the molecule is CNc1sc(-c2ccccc2)cc1C(=O)OCC(=O)O.CSNc1cccc(C(=O)OCC=O)c1. The van der Waals surface area contributed by atoms with Crippen molar-refractivity contribution in [3.05, 3.63) is 71.8 Å². The van der Waals surface area contributed by atoms with E-state index in [1.165, 1.54) is 23.3 Å². The molecule has 11 heteroatoms. The number of esters is 2. The number of carboxylic acids is 1. The summed E-state index contributed by atoms with van der Waals surface area (Å²) in [6, 6.07) is 18.2. The summed E-state index contributed by atoms with van der Waals surface area (Å²) in [5, 5.41) is 12.1. The summed E-state index contributed by atoms with van der Waals surface area (Å²) < 4.78 is 12.4. The first-order chi connectivity index (χ1) is 16.9. The maximum atomic E-state index is 11.9. The maximum Gasteiger partial charge on any atom is 0.341 e. The summed E-state index contributed by atoms with van der Waals surface area (Å²) in [6.45, 7) is -0.850. The van der Waals surface area contributed by atoms with Gasteiger partial charge in [-0.3, -0.25) is 4.79 Å². The molecule has 3 rings (SSSR count). The Morgan fingerprint density at radius 3 is 2.40 bits per heavy atom. The monoisotopic (exact) mass is 516 g/mol. The largest absolute Gasteiger partial charge is 0.479 e. The second kappa shape index (κ2) is 14.4. The number of anilines is 2. The van der Waals surface area contributed by atoms with E-state index in [1.807, 2.05) is 42.7 Å². The average Bonchev–Trinajstić information content (AvgIpc) is 3.32. The van der Waals surface area contributed by atoms with Gasteiger partial charge in [0.25, 0.3) is 0 Å². The molecule has 0 amide bonds. The summed E-state index contributed by atoms with van der Waals surface area (Å²) in [5.41, 5.74) is 2.59. The number of rotatable bonds is 10. The van der Waals surface area contributed by atoms with Gasteiger partial charge in [-0.25, -0.2) is 14.4 Å². The third-order valence-electron chi connectivity index (χ3n) is 4.16. The first-order valence-corrected chi connectivity index (χ1v) is 12.2. The predicted octanol–water partition coefficient (Wildman–Crippen LogP) is 4.43. The molecule has 184 valence electrons. The van der Waals surface area contributed by atoms with Crippen LogP contribution < -0.4 is 10.0 Å². The number of ether oxygens (including phenoxy) is 2. The molecule has 0 bridgehead atoms. The van der Waals surface area contributed by atoms with Crippen LogP contribution in [0.15, 0.2) is 60.7 Å². The molecule has 3 aromatic rings. The third kappa shape index (κ3) is 8.80. The lowest BCUT2D eigenvalue weighted by atomic mass is 10.1. The standard InChI is InChI=1S/C14H13NO4S.C10H11NO3S/c1-15-13-10(14(18)19-8-12(16)17)7-11(20-13)9-5-3-2-4-6-9;1-15-11-9-4-2-3-8(7-9)10(13)14-6-5-12/h2-7,15H,8H2,1H3,(H,16,17);2-5,7,11H,6H2,1H3. The first kappa shape index (κ1) is 27.4. The topological polar surface area (TPSA) is 131 Å². The van der Waals surface area contributed by atoms with E-state index >= 15 is 0 Å². The second-order valence-electron chi connectivity index (χ2n) is 6.59. The minimum Gasteiger partial charge on any atom is -0.479 e. The Morgan fingerprint density at radius 1 is 1.03 bits per heavy atom.